The summed E-state index contributed by atoms with van der Waals surface area (Å²) in [5, 5.41) is 14.7. The van der Waals surface area contributed by atoms with E-state index in [9.17, 15) is 0 Å². The van der Waals surface area contributed by atoms with Gasteiger partial charge in [0.15, 0.2) is 5.82 Å². The van der Waals surface area contributed by atoms with Crippen LogP contribution in [-0.2, 0) is 0 Å². The van der Waals surface area contributed by atoms with Crippen molar-refractivity contribution in [3.63, 3.8) is 0 Å². The van der Waals surface area contributed by atoms with E-state index in [2.05, 4.69) is 70.7 Å². The molecule has 3 heterocycles. The van der Waals surface area contributed by atoms with Crippen LogP contribution >= 0.6 is 23.7 Å². The lowest BCUT2D eigenvalue weighted by atomic mass is 10.1. The number of anilines is 1. The molecule has 1 aromatic carbocycles. The molecule has 4 aromatic rings. The maximum absolute atomic E-state index is 4.56. The number of fused-ring (bicyclic) bond motifs is 1. The largest absolute Gasteiger partial charge is 0.368 e. The van der Waals surface area contributed by atoms with Crippen LogP contribution in [0.2, 0.25) is 0 Å². The zero-order valence-corrected chi connectivity index (χ0v) is 17.6. The van der Waals surface area contributed by atoms with Crippen LogP contribution in [0.5, 0.6) is 0 Å². The predicted molar refractivity (Wildman–Crippen MR) is 121 cm³/mol. The number of pyridine rings is 1. The fourth-order valence-electron chi connectivity index (χ4n) is 3.01. The molecule has 6 heteroatoms. The Hall–Kier alpha value is -2.50. The summed E-state index contributed by atoms with van der Waals surface area (Å²) in [6.45, 7) is 5.35. The highest BCUT2D eigenvalue weighted by atomic mass is 35.5. The van der Waals surface area contributed by atoms with Gasteiger partial charge in [0.2, 0.25) is 0 Å². The molecule has 0 aliphatic rings. The van der Waals surface area contributed by atoms with E-state index in [1.54, 1.807) is 11.3 Å². The summed E-state index contributed by atoms with van der Waals surface area (Å²) in [7, 11) is 0. The van der Waals surface area contributed by atoms with E-state index in [-0.39, 0.29) is 12.4 Å². The van der Waals surface area contributed by atoms with E-state index in [4.69, 9.17) is 0 Å². The van der Waals surface area contributed by atoms with Gasteiger partial charge in [-0.05, 0) is 36.6 Å². The van der Waals surface area contributed by atoms with Gasteiger partial charge >= 0.3 is 0 Å². The van der Waals surface area contributed by atoms with E-state index in [0.717, 1.165) is 50.7 Å². The van der Waals surface area contributed by atoms with Gasteiger partial charge in [-0.2, -0.15) is 0 Å². The predicted octanol–water partition coefficient (Wildman–Crippen LogP) is 6.30. The molecule has 0 spiro atoms. The quantitative estimate of drug-likeness (QED) is 0.405. The van der Waals surface area contributed by atoms with Gasteiger partial charge in [-0.15, -0.1) is 33.9 Å². The molecule has 0 radical (unpaired) electrons. The molecule has 0 amide bonds. The van der Waals surface area contributed by atoms with Gasteiger partial charge in [-0.1, -0.05) is 44.2 Å². The molecule has 0 aliphatic carbocycles. The number of aromatic nitrogens is 3. The van der Waals surface area contributed by atoms with Crippen molar-refractivity contribution in [2.75, 3.05) is 11.9 Å². The average molecular weight is 411 g/mol. The van der Waals surface area contributed by atoms with Crippen LogP contribution < -0.4 is 5.32 Å². The molecule has 4 rings (SSSR count). The molecule has 1 N–H and O–H groups in total. The van der Waals surface area contributed by atoms with Crippen molar-refractivity contribution in [2.45, 2.75) is 20.3 Å². The molecule has 3 aromatic heterocycles. The molecule has 4 nitrogen and oxygen atoms in total. The summed E-state index contributed by atoms with van der Waals surface area (Å²) in [6, 6.07) is 18.5. The molecule has 0 atom stereocenters. The van der Waals surface area contributed by atoms with Gasteiger partial charge in [0.25, 0.3) is 0 Å². The summed E-state index contributed by atoms with van der Waals surface area (Å²) in [4.78, 5) is 6.68. The van der Waals surface area contributed by atoms with E-state index in [1.807, 2.05) is 24.4 Å². The Kier molecular flexibility index (Phi) is 6.60. The summed E-state index contributed by atoms with van der Waals surface area (Å²) in [5.74, 6) is 1.52. The minimum Gasteiger partial charge on any atom is -0.368 e. The van der Waals surface area contributed by atoms with Crippen molar-refractivity contribution in [3.05, 3.63) is 60.8 Å². The van der Waals surface area contributed by atoms with Gasteiger partial charge in [-0.3, -0.25) is 4.98 Å². The standard InChI is InChI=1S/C22H22N4S.ClH/c1-15(2)12-14-24-22-17-8-4-3-7-16(17)21(25-26-22)20-11-10-19(27-20)18-9-5-6-13-23-18;/h3-11,13,15H,12,14H2,1-2H3,(H,24,26);1H. The molecule has 144 valence electrons. The van der Waals surface area contributed by atoms with Crippen molar-refractivity contribution in [1.82, 2.24) is 15.2 Å². The van der Waals surface area contributed by atoms with Gasteiger partial charge in [0.1, 0.15) is 5.69 Å². The Balaban J connectivity index is 0.00000225. The lowest BCUT2D eigenvalue weighted by molar-refractivity contribution is 0.606. The summed E-state index contributed by atoms with van der Waals surface area (Å²) >= 11 is 1.70. The first-order chi connectivity index (χ1) is 13.2. The lowest BCUT2D eigenvalue weighted by Gasteiger charge is -2.11. The molecule has 0 saturated carbocycles. The van der Waals surface area contributed by atoms with Gasteiger partial charge in [0, 0.05) is 23.5 Å². The monoisotopic (exact) mass is 410 g/mol. The van der Waals surface area contributed by atoms with Gasteiger partial charge in [-0.25, -0.2) is 0 Å². The number of nitrogens with zero attached hydrogens (tertiary/aromatic N) is 3. The number of halogens is 1. The number of hydrogen-bond acceptors (Lipinski definition) is 5. The highest BCUT2D eigenvalue weighted by Gasteiger charge is 2.13. The Labute approximate surface area is 175 Å². The topological polar surface area (TPSA) is 50.7 Å². The SMILES string of the molecule is CC(C)CCNc1nnc(-c2ccc(-c3ccccn3)s2)c2ccccc12.Cl. The smallest absolute Gasteiger partial charge is 0.156 e. The molecule has 28 heavy (non-hydrogen) atoms. The van der Waals surface area contributed by atoms with Crippen molar-refractivity contribution in [3.8, 4) is 21.1 Å². The van der Waals surface area contributed by atoms with Crippen molar-refractivity contribution < 1.29 is 0 Å². The number of nitrogens with one attached hydrogen (secondary N) is 1. The normalized spacial score (nSPS) is 10.8. The molecule has 0 fully saturated rings. The van der Waals surface area contributed by atoms with Crippen LogP contribution in [0.15, 0.2) is 60.8 Å². The van der Waals surface area contributed by atoms with Gasteiger partial charge in [0.05, 0.1) is 15.4 Å². The second-order valence-electron chi connectivity index (χ2n) is 6.93. The highest BCUT2D eigenvalue weighted by Crippen LogP contribution is 2.36. The minimum absolute atomic E-state index is 0. The summed E-state index contributed by atoms with van der Waals surface area (Å²) in [6.07, 6.45) is 2.93. The average Bonchev–Trinajstić information content (AvgIpc) is 3.18. The molecular weight excluding hydrogens is 388 g/mol. The molecular formula is C22H23ClN4S. The lowest BCUT2D eigenvalue weighted by Crippen LogP contribution is -2.07. The number of thiophene rings is 1. The molecule has 0 aliphatic heterocycles. The van der Waals surface area contributed by atoms with Crippen LogP contribution in [0.25, 0.3) is 31.9 Å². The van der Waals surface area contributed by atoms with Crippen molar-refractivity contribution in [1.29, 1.82) is 0 Å². The zero-order valence-electron chi connectivity index (χ0n) is 15.9. The zero-order chi connectivity index (χ0) is 18.6. The van der Waals surface area contributed by atoms with Crippen molar-refractivity contribution in [2.24, 2.45) is 5.92 Å². The van der Waals surface area contributed by atoms with Crippen LogP contribution in [0, 0.1) is 5.92 Å². The third kappa shape index (κ3) is 4.32. The first-order valence-electron chi connectivity index (χ1n) is 9.23. The Morgan fingerprint density at radius 3 is 2.39 bits per heavy atom. The van der Waals surface area contributed by atoms with Gasteiger partial charge < -0.3 is 5.32 Å². The van der Waals surface area contributed by atoms with E-state index < -0.39 is 0 Å². The number of benzene rings is 1. The molecule has 0 unspecified atom stereocenters. The van der Waals surface area contributed by atoms with E-state index in [0.29, 0.717) is 5.92 Å². The van der Waals surface area contributed by atoms with E-state index >= 15 is 0 Å². The molecule has 0 bridgehead atoms. The second-order valence-corrected chi connectivity index (χ2v) is 8.01. The fourth-order valence-corrected chi connectivity index (χ4v) is 3.99. The van der Waals surface area contributed by atoms with Crippen LogP contribution in [0.4, 0.5) is 5.82 Å². The van der Waals surface area contributed by atoms with Crippen LogP contribution in [-0.4, -0.2) is 21.7 Å². The van der Waals surface area contributed by atoms with E-state index in [1.165, 1.54) is 0 Å². The van der Waals surface area contributed by atoms with Crippen LogP contribution in [0.3, 0.4) is 0 Å². The highest BCUT2D eigenvalue weighted by molar-refractivity contribution is 7.18. The maximum Gasteiger partial charge on any atom is 0.156 e. The second kappa shape index (κ2) is 9.13. The summed E-state index contributed by atoms with van der Waals surface area (Å²) in [5.41, 5.74) is 1.91. The number of rotatable bonds is 6. The van der Waals surface area contributed by atoms with Crippen LogP contribution in [0.1, 0.15) is 20.3 Å². The Morgan fingerprint density at radius 1 is 0.893 bits per heavy atom. The third-order valence-corrected chi connectivity index (χ3v) is 5.57. The first kappa shape index (κ1) is 20.2. The number of hydrogen-bond donors (Lipinski definition) is 1. The third-order valence-electron chi connectivity index (χ3n) is 4.46. The summed E-state index contributed by atoms with van der Waals surface area (Å²) < 4.78 is 0. The minimum atomic E-state index is 0. The molecule has 0 saturated heterocycles. The fraction of sp³-hybridized carbons (Fsp3) is 0.227. The first-order valence-corrected chi connectivity index (χ1v) is 10.0. The Morgan fingerprint density at radius 2 is 1.64 bits per heavy atom. The maximum atomic E-state index is 4.56. The Bertz CT molecular complexity index is 1050. The van der Waals surface area contributed by atoms with Crippen molar-refractivity contribution >= 4 is 40.3 Å².